The summed E-state index contributed by atoms with van der Waals surface area (Å²) in [6.07, 6.45) is 0.369. The Labute approximate surface area is 198 Å². The van der Waals surface area contributed by atoms with E-state index in [-0.39, 0.29) is 12.5 Å². The molecule has 2 atom stereocenters. The van der Waals surface area contributed by atoms with Gasteiger partial charge >= 0.3 is 0 Å². The molecule has 0 saturated heterocycles. The molecule has 2 aliphatic rings. The molecule has 3 aromatic rings. The average molecular weight is 459 g/mol. The van der Waals surface area contributed by atoms with Gasteiger partial charge in [0.05, 0.1) is 13.7 Å². The molecule has 2 aliphatic heterocycles. The fourth-order valence-corrected chi connectivity index (χ4v) is 4.40. The number of amides is 1. The van der Waals surface area contributed by atoms with Crippen LogP contribution in [-0.4, -0.2) is 42.8 Å². The van der Waals surface area contributed by atoms with Gasteiger partial charge < -0.3 is 24.6 Å². The van der Waals surface area contributed by atoms with Crippen molar-refractivity contribution in [3.8, 4) is 11.5 Å². The smallest absolute Gasteiger partial charge is 0.257 e. The van der Waals surface area contributed by atoms with Crippen molar-refractivity contribution in [2.24, 2.45) is 4.99 Å². The number of rotatable bonds is 7. The van der Waals surface area contributed by atoms with Gasteiger partial charge in [-0.3, -0.25) is 4.79 Å². The monoisotopic (exact) mass is 458 g/mol. The Hall–Kier alpha value is -3.84. The molecule has 0 unspecified atom stereocenters. The van der Waals surface area contributed by atoms with Gasteiger partial charge in [0.15, 0.2) is 11.6 Å². The Kier molecular flexibility index (Phi) is 5.94. The lowest BCUT2D eigenvalue weighted by Gasteiger charge is -2.35. The lowest BCUT2D eigenvalue weighted by atomic mass is 9.79. The maximum absolute atomic E-state index is 13.5. The summed E-state index contributed by atoms with van der Waals surface area (Å²) in [5.74, 6) is 1.59. The normalized spacial score (nSPS) is 20.8. The van der Waals surface area contributed by atoms with Crippen LogP contribution in [0.4, 0.5) is 5.69 Å². The summed E-state index contributed by atoms with van der Waals surface area (Å²) < 4.78 is 17.5. The van der Waals surface area contributed by atoms with Crippen LogP contribution in [0.15, 0.2) is 77.8 Å². The zero-order valence-corrected chi connectivity index (χ0v) is 18.9. The minimum Gasteiger partial charge on any atom is -0.497 e. The third-order valence-corrected chi connectivity index (χ3v) is 6.15. The number of carbonyl (C=O) groups is 1. The van der Waals surface area contributed by atoms with Gasteiger partial charge in [-0.2, -0.15) is 0 Å². The van der Waals surface area contributed by atoms with Crippen molar-refractivity contribution in [1.29, 1.82) is 0 Å². The highest BCUT2D eigenvalue weighted by atomic mass is 16.5. The molecule has 2 N–H and O–H groups in total. The SMILES string of the molecule is COc1cccc([C@H]2OC(c3ccc(OCCCO)cc3)=N[C@]23Cc2ccccc2NC3=O)c1. The number of methoxy groups -OCH3 is 1. The zero-order valence-electron chi connectivity index (χ0n) is 18.9. The number of hydrogen-bond acceptors (Lipinski definition) is 6. The molecule has 174 valence electrons. The number of nitrogens with one attached hydrogen (secondary N) is 1. The minimum absolute atomic E-state index is 0.0850. The second kappa shape index (κ2) is 9.19. The molecule has 1 amide bonds. The van der Waals surface area contributed by atoms with Gasteiger partial charge in [0.2, 0.25) is 5.90 Å². The largest absolute Gasteiger partial charge is 0.497 e. The molecule has 0 bridgehead atoms. The van der Waals surface area contributed by atoms with E-state index in [2.05, 4.69) is 5.32 Å². The molecule has 7 heteroatoms. The van der Waals surface area contributed by atoms with Crippen LogP contribution in [0.3, 0.4) is 0 Å². The van der Waals surface area contributed by atoms with E-state index in [9.17, 15) is 4.79 Å². The highest BCUT2D eigenvalue weighted by Gasteiger charge is 2.55. The lowest BCUT2D eigenvalue weighted by Crippen LogP contribution is -2.49. The van der Waals surface area contributed by atoms with E-state index in [1.165, 1.54) is 0 Å². The highest BCUT2D eigenvalue weighted by Crippen LogP contribution is 2.46. The Morgan fingerprint density at radius 2 is 1.91 bits per heavy atom. The molecule has 0 fully saturated rings. The van der Waals surface area contributed by atoms with Crippen LogP contribution in [0.1, 0.15) is 29.2 Å². The van der Waals surface area contributed by atoms with Crippen LogP contribution >= 0.6 is 0 Å². The molecule has 7 nitrogen and oxygen atoms in total. The van der Waals surface area contributed by atoms with Crippen LogP contribution in [-0.2, 0) is 16.0 Å². The number of aliphatic hydroxyl groups is 1. The Bertz CT molecular complexity index is 1220. The molecule has 3 aromatic carbocycles. The fourth-order valence-electron chi connectivity index (χ4n) is 4.40. The van der Waals surface area contributed by atoms with Crippen LogP contribution in [0, 0.1) is 0 Å². The molecule has 34 heavy (non-hydrogen) atoms. The summed E-state index contributed by atoms with van der Waals surface area (Å²) >= 11 is 0. The van der Waals surface area contributed by atoms with Crippen molar-refractivity contribution in [2.75, 3.05) is 25.6 Å². The summed E-state index contributed by atoms with van der Waals surface area (Å²) in [6.45, 7) is 0.523. The Balaban J connectivity index is 1.53. The predicted molar refractivity (Wildman–Crippen MR) is 129 cm³/mol. The number of para-hydroxylation sites is 1. The van der Waals surface area contributed by atoms with Crippen molar-refractivity contribution in [3.63, 3.8) is 0 Å². The van der Waals surface area contributed by atoms with Gasteiger partial charge in [-0.25, -0.2) is 4.99 Å². The first-order chi connectivity index (χ1) is 16.6. The van der Waals surface area contributed by atoms with E-state index in [1.807, 2.05) is 72.8 Å². The average Bonchev–Trinajstić information content (AvgIpc) is 3.25. The number of benzene rings is 3. The van der Waals surface area contributed by atoms with Gasteiger partial charge in [-0.15, -0.1) is 0 Å². The van der Waals surface area contributed by atoms with Crippen LogP contribution in [0.25, 0.3) is 0 Å². The van der Waals surface area contributed by atoms with Gasteiger partial charge in [0.1, 0.15) is 11.5 Å². The van der Waals surface area contributed by atoms with Crippen LogP contribution in [0.2, 0.25) is 0 Å². The second-order valence-electron chi connectivity index (χ2n) is 8.35. The number of ether oxygens (including phenoxy) is 3. The number of carbonyl (C=O) groups excluding carboxylic acids is 1. The molecule has 0 radical (unpaired) electrons. The summed E-state index contributed by atoms with van der Waals surface area (Å²) in [6, 6.07) is 22.7. The molecule has 0 saturated carbocycles. The predicted octanol–water partition coefficient (Wildman–Crippen LogP) is 3.91. The maximum atomic E-state index is 13.5. The number of aliphatic imine (C=N–C) groups is 1. The van der Waals surface area contributed by atoms with Crippen molar-refractivity contribution in [3.05, 3.63) is 89.5 Å². The van der Waals surface area contributed by atoms with Crippen molar-refractivity contribution in [2.45, 2.75) is 24.5 Å². The molecule has 2 heterocycles. The molecule has 1 spiro atoms. The number of anilines is 1. The number of nitrogens with zero attached hydrogens (tertiary/aromatic N) is 1. The highest BCUT2D eigenvalue weighted by molar-refractivity contribution is 6.07. The van der Waals surface area contributed by atoms with Crippen LogP contribution < -0.4 is 14.8 Å². The third-order valence-electron chi connectivity index (χ3n) is 6.15. The minimum atomic E-state index is -1.15. The number of hydrogen-bond donors (Lipinski definition) is 2. The summed E-state index contributed by atoms with van der Waals surface area (Å²) in [7, 11) is 1.61. The summed E-state index contributed by atoms with van der Waals surface area (Å²) in [5.41, 5.74) is 2.24. The van der Waals surface area contributed by atoms with Gasteiger partial charge in [-0.05, 0) is 53.6 Å². The quantitative estimate of drug-likeness (QED) is 0.524. The van der Waals surface area contributed by atoms with E-state index >= 15 is 0 Å². The molecular formula is C27H26N2O5. The number of aliphatic hydroxyl groups excluding tert-OH is 1. The first kappa shape index (κ1) is 22.0. The van der Waals surface area contributed by atoms with Gasteiger partial charge in [0.25, 0.3) is 5.91 Å². The second-order valence-corrected chi connectivity index (χ2v) is 8.35. The Morgan fingerprint density at radius 3 is 2.71 bits per heavy atom. The first-order valence-electron chi connectivity index (χ1n) is 11.3. The van der Waals surface area contributed by atoms with Crippen molar-refractivity contribution in [1.82, 2.24) is 0 Å². The third kappa shape index (κ3) is 3.99. The standard InChI is InChI=1S/C27H26N2O5/c1-32-22-8-4-7-19(16-22)24-27(17-20-6-2-3-9-23(20)28-26(27)31)29-25(34-24)18-10-12-21(13-11-18)33-15-5-14-30/h2-4,6-13,16,24,30H,5,14-15,17H2,1H3,(H,28,31)/t24-,27-/m1/s1. The van der Waals surface area contributed by atoms with E-state index in [4.69, 9.17) is 24.3 Å². The molecule has 0 aromatic heterocycles. The van der Waals surface area contributed by atoms with Crippen LogP contribution in [0.5, 0.6) is 11.5 Å². The summed E-state index contributed by atoms with van der Waals surface area (Å²) in [5, 5.41) is 12.0. The van der Waals surface area contributed by atoms with E-state index in [0.717, 1.165) is 22.4 Å². The van der Waals surface area contributed by atoms with Crippen molar-refractivity contribution < 1.29 is 24.1 Å². The molecule has 5 rings (SSSR count). The van der Waals surface area contributed by atoms with Crippen molar-refractivity contribution >= 4 is 17.5 Å². The van der Waals surface area contributed by atoms with E-state index < -0.39 is 11.6 Å². The fraction of sp³-hybridized carbons (Fsp3) is 0.259. The zero-order chi connectivity index (χ0) is 23.5. The Morgan fingerprint density at radius 1 is 1.09 bits per heavy atom. The van der Waals surface area contributed by atoms with E-state index in [1.54, 1.807) is 7.11 Å². The lowest BCUT2D eigenvalue weighted by molar-refractivity contribution is -0.124. The first-order valence-corrected chi connectivity index (χ1v) is 11.3. The molecule has 0 aliphatic carbocycles. The summed E-state index contributed by atoms with van der Waals surface area (Å²) in [4.78, 5) is 18.4. The van der Waals surface area contributed by atoms with Gasteiger partial charge in [0, 0.05) is 30.7 Å². The number of fused-ring (bicyclic) bond motifs is 1. The maximum Gasteiger partial charge on any atom is 0.257 e. The van der Waals surface area contributed by atoms with E-state index in [0.29, 0.717) is 36.8 Å². The van der Waals surface area contributed by atoms with Gasteiger partial charge in [-0.1, -0.05) is 30.3 Å². The molecular weight excluding hydrogens is 432 g/mol. The topological polar surface area (TPSA) is 89.4 Å².